The van der Waals surface area contributed by atoms with Crippen molar-refractivity contribution in [2.45, 2.75) is 0 Å². The first-order chi connectivity index (χ1) is 2.00. The third-order valence-electron chi connectivity index (χ3n) is 0. The van der Waals surface area contributed by atoms with E-state index in [4.69, 9.17) is 8.42 Å². The van der Waals surface area contributed by atoms with Crippen molar-refractivity contribution in [3.8, 4) is 0 Å². The van der Waals surface area contributed by atoms with Crippen LogP contribution in [0.4, 0.5) is 7.77 Å². The van der Waals surface area contributed by atoms with Gasteiger partial charge in [-0.1, -0.05) is 7.77 Å². The molecule has 0 unspecified atom stereocenters. The molecule has 0 aliphatic heterocycles. The van der Waals surface area contributed by atoms with Crippen LogP contribution in [-0.2, 0) is 10.6 Å². The van der Waals surface area contributed by atoms with Gasteiger partial charge in [0.05, 0.1) is 0 Å². The van der Waals surface area contributed by atoms with Crippen molar-refractivity contribution in [3.63, 3.8) is 0 Å². The monoisotopic (exact) mass is 110 g/mol. The second kappa shape index (κ2) is 2.56. The summed E-state index contributed by atoms with van der Waals surface area (Å²) in [6, 6.07) is 0. The van der Waals surface area contributed by atoms with Crippen LogP contribution in [0, 0.1) is 0 Å². The molecule has 2 nitrogen and oxygen atoms in total. The third-order valence-corrected chi connectivity index (χ3v) is 0. The topological polar surface area (TPSA) is 34.1 Å². The molecule has 0 spiro atoms. The van der Waals surface area contributed by atoms with Gasteiger partial charge in [-0.25, -0.2) is 0 Å². The maximum absolute atomic E-state index is 9.99. The zero-order chi connectivity index (χ0) is 4.50. The Kier molecular flexibility index (Phi) is 4.11. The van der Waals surface area contributed by atoms with Gasteiger partial charge in [0.15, 0.2) is 0 Å². The fourth-order valence-corrected chi connectivity index (χ4v) is 0. The Hall–Kier alpha value is 0.407. The summed E-state index contributed by atoms with van der Waals surface area (Å²) in [6.07, 6.45) is 0. The molecule has 0 heterocycles. The van der Waals surface area contributed by atoms with E-state index in [-0.39, 0.29) is 20.3 Å². The third kappa shape index (κ3) is 308. The van der Waals surface area contributed by atoms with Crippen LogP contribution >= 0.6 is 0 Å². The van der Waals surface area contributed by atoms with Crippen molar-refractivity contribution < 1.29 is 36.5 Å². The van der Waals surface area contributed by atoms with E-state index in [0.29, 0.717) is 0 Å². The molecule has 0 bridgehead atoms. The Morgan fingerprint density at radius 1 is 1.33 bits per heavy atom. The smallest absolute Gasteiger partial charge is 1.00 e. The number of hydrogen-bond acceptors (Lipinski definition) is 2. The predicted molar refractivity (Wildman–Crippen MR) is 12.2 cm³/mol. The first kappa shape index (κ1) is 9.64. The molecular formula is HF2LiO2S. The molecule has 0 aliphatic carbocycles. The first-order valence-electron chi connectivity index (χ1n) is 0.642. The van der Waals surface area contributed by atoms with E-state index in [1.165, 1.54) is 0 Å². The standard InChI is InChI=1S/F2O2S.Li.H/c1-5(2,3)4;;/q;+1;-1. The van der Waals surface area contributed by atoms with Crippen molar-refractivity contribution in [3.05, 3.63) is 0 Å². The van der Waals surface area contributed by atoms with E-state index >= 15 is 0 Å². The Morgan fingerprint density at radius 3 is 1.33 bits per heavy atom. The van der Waals surface area contributed by atoms with Gasteiger partial charge in [-0.3, -0.25) is 0 Å². The second-order valence-electron chi connectivity index (χ2n) is 0.378. The van der Waals surface area contributed by atoms with Crippen molar-refractivity contribution in [1.82, 2.24) is 0 Å². The molecule has 6 heavy (non-hydrogen) atoms. The normalized spacial score (nSPS) is 9.67. The number of rotatable bonds is 0. The quantitative estimate of drug-likeness (QED) is 0.251. The summed E-state index contributed by atoms with van der Waals surface area (Å²) in [5.41, 5.74) is 0. The van der Waals surface area contributed by atoms with E-state index in [1.54, 1.807) is 0 Å². The molecule has 0 aromatic heterocycles. The molecule has 6 heteroatoms. The van der Waals surface area contributed by atoms with Crippen LogP contribution in [0.25, 0.3) is 0 Å². The van der Waals surface area contributed by atoms with Gasteiger partial charge in [0.2, 0.25) is 0 Å². The largest absolute Gasteiger partial charge is 1.00 e. The summed E-state index contributed by atoms with van der Waals surface area (Å²) in [5.74, 6) is 0. The SMILES string of the molecule is O=S(=O)(F)F.[H-].[Li+]. The minimum absolute atomic E-state index is 0. The molecule has 0 N–H and O–H groups in total. The van der Waals surface area contributed by atoms with Gasteiger partial charge in [0.1, 0.15) is 0 Å². The van der Waals surface area contributed by atoms with Crippen LogP contribution in [0.2, 0.25) is 0 Å². The molecule has 0 aliphatic rings. The molecule has 0 radical (unpaired) electrons. The fraction of sp³-hybridized carbons (Fsp3) is 0. The Bertz CT molecular complexity index is 98.9. The van der Waals surface area contributed by atoms with E-state index in [2.05, 4.69) is 0 Å². The molecule has 0 atom stereocenters. The molecule has 0 aromatic carbocycles. The van der Waals surface area contributed by atoms with Crippen LogP contribution in [0.1, 0.15) is 1.43 Å². The molecule has 0 saturated heterocycles. The average Bonchev–Trinajstić information content (AvgIpc) is 0.722. The van der Waals surface area contributed by atoms with Gasteiger partial charge < -0.3 is 1.43 Å². The average molecular weight is 110 g/mol. The summed E-state index contributed by atoms with van der Waals surface area (Å²) in [5, 5.41) is 0. The van der Waals surface area contributed by atoms with Crippen LogP contribution in [0.3, 0.4) is 0 Å². The van der Waals surface area contributed by atoms with Crippen molar-refractivity contribution in [2.24, 2.45) is 0 Å². The van der Waals surface area contributed by atoms with Crippen LogP contribution in [-0.4, -0.2) is 8.42 Å². The molecular weight excluding hydrogens is 109 g/mol. The minimum Gasteiger partial charge on any atom is -1.00 e. The van der Waals surface area contributed by atoms with E-state index in [0.717, 1.165) is 0 Å². The van der Waals surface area contributed by atoms with Crippen molar-refractivity contribution in [1.29, 1.82) is 0 Å². The summed E-state index contributed by atoms with van der Waals surface area (Å²) in [6.45, 7) is 0. The van der Waals surface area contributed by atoms with E-state index in [9.17, 15) is 7.77 Å². The molecule has 0 saturated carbocycles. The number of hydrogen-bond donors (Lipinski definition) is 0. The van der Waals surface area contributed by atoms with Crippen LogP contribution < -0.4 is 18.9 Å². The van der Waals surface area contributed by atoms with Gasteiger partial charge in [0.25, 0.3) is 0 Å². The van der Waals surface area contributed by atoms with Gasteiger partial charge >= 0.3 is 29.5 Å². The Morgan fingerprint density at radius 2 is 1.33 bits per heavy atom. The maximum atomic E-state index is 9.99. The van der Waals surface area contributed by atoms with Crippen LogP contribution in [0.15, 0.2) is 0 Å². The molecule has 0 rings (SSSR count). The minimum atomic E-state index is -5.67. The Labute approximate surface area is 47.7 Å². The van der Waals surface area contributed by atoms with E-state index < -0.39 is 10.6 Å². The van der Waals surface area contributed by atoms with E-state index in [1.807, 2.05) is 0 Å². The summed E-state index contributed by atoms with van der Waals surface area (Å²) < 4.78 is 36.6. The first-order valence-corrected chi connectivity index (χ1v) is 1.93. The zero-order valence-electron chi connectivity index (χ0n) is 3.98. The summed E-state index contributed by atoms with van der Waals surface area (Å²) >= 11 is 0. The Balaban J connectivity index is -0.0000000800. The van der Waals surface area contributed by atoms with Crippen molar-refractivity contribution >= 4 is 10.6 Å². The maximum Gasteiger partial charge on any atom is 1.00 e. The van der Waals surface area contributed by atoms with Gasteiger partial charge in [-0.05, 0) is 0 Å². The second-order valence-corrected chi connectivity index (χ2v) is 1.14. The molecule has 34 valence electrons. The fourth-order valence-electron chi connectivity index (χ4n) is 0. The molecule has 0 fully saturated rings. The zero-order valence-corrected chi connectivity index (χ0v) is 3.80. The van der Waals surface area contributed by atoms with Gasteiger partial charge in [-0.15, -0.1) is 0 Å². The van der Waals surface area contributed by atoms with Crippen molar-refractivity contribution in [2.75, 3.05) is 0 Å². The summed E-state index contributed by atoms with van der Waals surface area (Å²) in [7, 11) is -5.67. The van der Waals surface area contributed by atoms with Gasteiger partial charge in [0, 0.05) is 0 Å². The summed E-state index contributed by atoms with van der Waals surface area (Å²) in [4.78, 5) is 0. The molecule has 0 aromatic rings. The van der Waals surface area contributed by atoms with Crippen LogP contribution in [0.5, 0.6) is 0 Å². The molecule has 0 amide bonds. The number of halogens is 2. The van der Waals surface area contributed by atoms with Gasteiger partial charge in [-0.2, -0.15) is 8.42 Å². The predicted octanol–water partition coefficient (Wildman–Crippen LogP) is -2.71.